The summed E-state index contributed by atoms with van der Waals surface area (Å²) in [7, 11) is 0. The zero-order chi connectivity index (χ0) is 6.78. The van der Waals surface area contributed by atoms with E-state index in [1.54, 1.807) is 0 Å². The van der Waals surface area contributed by atoms with E-state index >= 15 is 0 Å². The van der Waals surface area contributed by atoms with Gasteiger partial charge >= 0.3 is 0 Å². The molecule has 0 aliphatic rings. The number of hydrogen-bond acceptors (Lipinski definition) is 1. The number of alkyl halides is 2. The van der Waals surface area contributed by atoms with Gasteiger partial charge in [-0.2, -0.15) is 0 Å². The number of hydrogen-bond donors (Lipinski definition) is 1. The van der Waals surface area contributed by atoms with Crippen LogP contribution in [0.1, 0.15) is 13.8 Å². The third-order valence-electron chi connectivity index (χ3n) is 1.14. The van der Waals surface area contributed by atoms with Crippen molar-refractivity contribution in [1.82, 2.24) is 0 Å². The van der Waals surface area contributed by atoms with Gasteiger partial charge in [0.25, 0.3) is 0 Å². The van der Waals surface area contributed by atoms with Gasteiger partial charge in [0.05, 0.1) is 10.9 Å². The van der Waals surface area contributed by atoms with E-state index < -0.39 is 0 Å². The first kappa shape index (κ1) is 8.92. The van der Waals surface area contributed by atoms with Crippen LogP contribution in [0.3, 0.4) is 0 Å². The Kier molecular flexibility index (Phi) is 3.55. The fourth-order valence-corrected chi connectivity index (χ4v) is 0.271. The molecule has 0 heterocycles. The molecule has 0 unspecified atom stereocenters. The quantitative estimate of drug-likeness (QED) is 0.738. The van der Waals surface area contributed by atoms with E-state index in [2.05, 4.69) is 31.9 Å². The lowest BCUT2D eigenvalue weighted by atomic mass is 10.1. The lowest BCUT2D eigenvalue weighted by Crippen LogP contribution is -2.29. The third kappa shape index (κ3) is 2.46. The maximum atomic E-state index is 8.69. The number of rotatable bonds is 2. The second-order valence-corrected chi connectivity index (χ2v) is 5.24. The van der Waals surface area contributed by atoms with Crippen molar-refractivity contribution in [3.63, 3.8) is 0 Å². The summed E-state index contributed by atoms with van der Waals surface area (Å²) in [5.74, 6) is 0. The van der Waals surface area contributed by atoms with E-state index in [0.717, 1.165) is 0 Å². The van der Waals surface area contributed by atoms with E-state index in [1.807, 2.05) is 13.8 Å². The Morgan fingerprint density at radius 3 is 2.12 bits per heavy atom. The molecule has 0 amide bonds. The first-order valence-corrected chi connectivity index (χ1v) is 4.15. The Morgan fingerprint density at radius 2 is 2.12 bits per heavy atom. The second kappa shape index (κ2) is 3.18. The molecule has 50 valence electrons. The van der Waals surface area contributed by atoms with Gasteiger partial charge in [0, 0.05) is 4.83 Å². The van der Waals surface area contributed by atoms with Crippen LogP contribution >= 0.6 is 31.9 Å². The van der Waals surface area contributed by atoms with E-state index in [4.69, 9.17) is 5.11 Å². The Balaban J connectivity index is 3.71. The zero-order valence-electron chi connectivity index (χ0n) is 4.99. The van der Waals surface area contributed by atoms with E-state index in [9.17, 15) is 0 Å². The summed E-state index contributed by atoms with van der Waals surface area (Å²) < 4.78 is -0.174. The van der Waals surface area contributed by atoms with Crippen molar-refractivity contribution in [3.8, 4) is 0 Å². The van der Waals surface area contributed by atoms with Crippen molar-refractivity contribution < 1.29 is 5.11 Å². The average Bonchev–Trinajstić information content (AvgIpc) is 1.67. The molecule has 1 nitrogen and oxygen atoms in total. The summed E-state index contributed by atoms with van der Waals surface area (Å²) in [6.07, 6.45) is 0. The summed E-state index contributed by atoms with van der Waals surface area (Å²) in [5.41, 5.74) is 0. The molecule has 0 bridgehead atoms. The molecular weight excluding hydrogens is 236 g/mol. The molecule has 2 atom stereocenters. The smallest absolute Gasteiger partial charge is 0.0592 e. The number of halogens is 2. The summed E-state index contributed by atoms with van der Waals surface area (Å²) >= 11 is 6.70. The van der Waals surface area contributed by atoms with Crippen molar-refractivity contribution in [3.05, 3.63) is 0 Å². The normalized spacial score (nSPS) is 22.1. The molecule has 0 aliphatic carbocycles. The first-order valence-electron chi connectivity index (χ1n) is 2.44. The molecule has 0 aromatic carbocycles. The first-order chi connectivity index (χ1) is 3.50. The van der Waals surface area contributed by atoms with Gasteiger partial charge in [-0.25, -0.2) is 0 Å². The predicted octanol–water partition coefficient (Wildman–Crippen LogP) is 1.92. The van der Waals surface area contributed by atoms with Crippen LogP contribution in [0.2, 0.25) is 0 Å². The van der Waals surface area contributed by atoms with Crippen LogP contribution in [0.4, 0.5) is 0 Å². The minimum atomic E-state index is -0.174. The molecule has 0 rings (SSSR count). The minimum absolute atomic E-state index is 0.152. The summed E-state index contributed by atoms with van der Waals surface area (Å²) in [4.78, 5) is 0.292. The summed E-state index contributed by atoms with van der Waals surface area (Å²) in [5, 5.41) is 8.69. The predicted molar refractivity (Wildman–Crippen MR) is 42.8 cm³/mol. The maximum absolute atomic E-state index is 8.69. The lowest BCUT2D eigenvalue weighted by Gasteiger charge is -2.21. The van der Waals surface area contributed by atoms with Gasteiger partial charge < -0.3 is 5.11 Å². The number of aliphatic hydroxyl groups is 1. The van der Waals surface area contributed by atoms with Crippen LogP contribution in [-0.2, 0) is 0 Å². The highest BCUT2D eigenvalue weighted by molar-refractivity contribution is 9.12. The van der Waals surface area contributed by atoms with Crippen molar-refractivity contribution >= 4 is 31.9 Å². The van der Waals surface area contributed by atoms with Crippen molar-refractivity contribution in [2.75, 3.05) is 6.61 Å². The highest BCUT2D eigenvalue weighted by atomic mass is 79.9. The molecule has 1 N–H and O–H groups in total. The van der Waals surface area contributed by atoms with Crippen LogP contribution in [0.25, 0.3) is 0 Å². The van der Waals surface area contributed by atoms with Crippen LogP contribution < -0.4 is 0 Å². The molecule has 0 fully saturated rings. The maximum Gasteiger partial charge on any atom is 0.0592 e. The average molecular weight is 246 g/mol. The Morgan fingerprint density at radius 1 is 1.75 bits per heavy atom. The van der Waals surface area contributed by atoms with Gasteiger partial charge in [-0.15, -0.1) is 0 Å². The van der Waals surface area contributed by atoms with Gasteiger partial charge in [0.2, 0.25) is 0 Å². The van der Waals surface area contributed by atoms with E-state index in [-0.39, 0.29) is 10.9 Å². The standard InChI is InChI=1S/C5H10Br2O/c1-4(6)5(2,7)3-8/h4,8H,3H2,1-2H3/t4-,5-/m0/s1. The molecule has 3 heteroatoms. The van der Waals surface area contributed by atoms with Crippen LogP contribution in [0.15, 0.2) is 0 Å². The molecule has 0 aliphatic heterocycles. The number of aliphatic hydroxyl groups excluding tert-OH is 1. The lowest BCUT2D eigenvalue weighted by molar-refractivity contribution is 0.260. The van der Waals surface area contributed by atoms with Gasteiger partial charge in [0.1, 0.15) is 0 Å². The molecule has 0 saturated heterocycles. The van der Waals surface area contributed by atoms with Crippen molar-refractivity contribution in [2.24, 2.45) is 0 Å². The van der Waals surface area contributed by atoms with Crippen LogP contribution in [0.5, 0.6) is 0 Å². The highest BCUT2D eigenvalue weighted by Crippen LogP contribution is 2.26. The summed E-state index contributed by atoms with van der Waals surface area (Å²) in [6, 6.07) is 0. The van der Waals surface area contributed by atoms with Gasteiger partial charge in [-0.05, 0) is 6.92 Å². The molecule has 8 heavy (non-hydrogen) atoms. The summed E-state index contributed by atoms with van der Waals surface area (Å²) in [6.45, 7) is 4.08. The molecule has 0 saturated carbocycles. The fourth-order valence-electron chi connectivity index (χ4n) is 0.126. The van der Waals surface area contributed by atoms with Gasteiger partial charge in [-0.1, -0.05) is 38.8 Å². The largest absolute Gasteiger partial charge is 0.395 e. The third-order valence-corrected chi connectivity index (χ3v) is 3.70. The molecule has 0 spiro atoms. The highest BCUT2D eigenvalue weighted by Gasteiger charge is 2.24. The van der Waals surface area contributed by atoms with Crippen molar-refractivity contribution in [2.45, 2.75) is 23.0 Å². The molecular formula is C5H10Br2O. The Hall–Kier alpha value is 0.920. The molecule has 0 aromatic rings. The Labute approximate surface area is 66.7 Å². The Bertz CT molecular complexity index is 70.8. The van der Waals surface area contributed by atoms with Crippen LogP contribution in [-0.4, -0.2) is 20.9 Å². The van der Waals surface area contributed by atoms with Gasteiger partial charge in [0.15, 0.2) is 0 Å². The van der Waals surface area contributed by atoms with Crippen LogP contribution in [0, 0.1) is 0 Å². The minimum Gasteiger partial charge on any atom is -0.395 e. The zero-order valence-corrected chi connectivity index (χ0v) is 8.16. The SMILES string of the molecule is C[C@H](Br)[C@@](C)(Br)CO. The van der Waals surface area contributed by atoms with Gasteiger partial charge in [-0.3, -0.25) is 0 Å². The second-order valence-electron chi connectivity index (χ2n) is 2.05. The van der Waals surface area contributed by atoms with Crippen molar-refractivity contribution in [1.29, 1.82) is 0 Å². The van der Waals surface area contributed by atoms with E-state index in [1.165, 1.54) is 0 Å². The topological polar surface area (TPSA) is 20.2 Å². The fraction of sp³-hybridized carbons (Fsp3) is 1.00. The molecule has 0 aromatic heterocycles. The molecule has 0 radical (unpaired) electrons. The van der Waals surface area contributed by atoms with E-state index in [0.29, 0.717) is 4.83 Å². The monoisotopic (exact) mass is 244 g/mol.